The Morgan fingerprint density at radius 3 is 2.68 bits per heavy atom. The maximum absolute atomic E-state index is 9.31. The SMILES string of the molecule is C=NCc1cc(-c2cccc(C#N)c2)cc(N2/C=C\C=C/C(=C)c3cc(N)ccc32)c1. The summed E-state index contributed by atoms with van der Waals surface area (Å²) in [5.74, 6) is 0. The molecule has 1 aliphatic heterocycles. The maximum atomic E-state index is 9.31. The highest BCUT2D eigenvalue weighted by atomic mass is 15.1. The van der Waals surface area contributed by atoms with E-state index in [-0.39, 0.29) is 0 Å². The second-order valence-corrected chi connectivity index (χ2v) is 7.33. The predicted molar refractivity (Wildman–Crippen MR) is 130 cm³/mol. The van der Waals surface area contributed by atoms with Gasteiger partial charge in [0.25, 0.3) is 0 Å². The Kier molecular flexibility index (Phi) is 5.51. The summed E-state index contributed by atoms with van der Waals surface area (Å²) in [7, 11) is 0. The van der Waals surface area contributed by atoms with E-state index in [1.807, 2.05) is 60.8 Å². The summed E-state index contributed by atoms with van der Waals surface area (Å²) in [6.07, 6.45) is 7.95. The topological polar surface area (TPSA) is 65.4 Å². The average molecular weight is 403 g/mol. The van der Waals surface area contributed by atoms with Crippen molar-refractivity contribution in [1.29, 1.82) is 5.26 Å². The molecule has 0 aromatic heterocycles. The van der Waals surface area contributed by atoms with Crippen molar-refractivity contribution < 1.29 is 0 Å². The van der Waals surface area contributed by atoms with Crippen molar-refractivity contribution in [2.75, 3.05) is 10.6 Å². The lowest BCUT2D eigenvalue weighted by Gasteiger charge is -2.26. The predicted octanol–water partition coefficient (Wildman–Crippen LogP) is 6.24. The van der Waals surface area contributed by atoms with Gasteiger partial charge in [-0.2, -0.15) is 5.26 Å². The fraction of sp³-hybridized carbons (Fsp3) is 0.0370. The first-order valence-corrected chi connectivity index (χ1v) is 9.89. The van der Waals surface area contributed by atoms with E-state index in [1.54, 1.807) is 6.07 Å². The Bertz CT molecular complexity index is 1270. The van der Waals surface area contributed by atoms with Crippen molar-refractivity contribution in [3.05, 3.63) is 108 Å². The van der Waals surface area contributed by atoms with Crippen LogP contribution in [0.15, 0.2) is 96.7 Å². The van der Waals surface area contributed by atoms with Crippen molar-refractivity contribution in [3.8, 4) is 17.2 Å². The first-order valence-electron chi connectivity index (χ1n) is 9.89. The number of fused-ring (bicyclic) bond motifs is 1. The second kappa shape index (κ2) is 8.56. The van der Waals surface area contributed by atoms with Gasteiger partial charge in [-0.05, 0) is 83.6 Å². The van der Waals surface area contributed by atoms with Crippen molar-refractivity contribution in [2.45, 2.75) is 6.54 Å². The number of nitrogens with two attached hydrogens (primary N) is 1. The average Bonchev–Trinajstić information content (AvgIpc) is 2.78. The number of rotatable bonds is 4. The summed E-state index contributed by atoms with van der Waals surface area (Å²) in [6, 6.07) is 22.0. The third kappa shape index (κ3) is 4.17. The molecule has 0 radical (unpaired) electrons. The van der Waals surface area contributed by atoms with Crippen LogP contribution in [-0.4, -0.2) is 6.72 Å². The number of hydrogen-bond donors (Lipinski definition) is 1. The molecule has 0 spiro atoms. The third-order valence-corrected chi connectivity index (χ3v) is 5.14. The van der Waals surface area contributed by atoms with Gasteiger partial charge in [-0.3, -0.25) is 4.99 Å². The Morgan fingerprint density at radius 1 is 1.00 bits per heavy atom. The van der Waals surface area contributed by atoms with Crippen LogP contribution in [0.4, 0.5) is 17.1 Å². The van der Waals surface area contributed by atoms with Gasteiger partial charge < -0.3 is 10.6 Å². The number of nitrogens with zero attached hydrogens (tertiary/aromatic N) is 3. The van der Waals surface area contributed by atoms with Crippen LogP contribution < -0.4 is 10.6 Å². The van der Waals surface area contributed by atoms with E-state index >= 15 is 0 Å². The normalized spacial score (nSPS) is 14.7. The molecule has 0 saturated heterocycles. The molecule has 31 heavy (non-hydrogen) atoms. The molecule has 2 N–H and O–H groups in total. The molecule has 0 amide bonds. The lowest BCUT2D eigenvalue weighted by molar-refractivity contribution is 1.08. The summed E-state index contributed by atoms with van der Waals surface area (Å²) in [5.41, 5.74) is 14.2. The second-order valence-electron chi connectivity index (χ2n) is 7.33. The van der Waals surface area contributed by atoms with Crippen LogP contribution in [0.25, 0.3) is 16.7 Å². The van der Waals surface area contributed by atoms with E-state index in [1.165, 1.54) is 0 Å². The Labute approximate surface area is 182 Å². The van der Waals surface area contributed by atoms with E-state index in [9.17, 15) is 5.26 Å². The van der Waals surface area contributed by atoms with Gasteiger partial charge in [-0.1, -0.05) is 30.9 Å². The van der Waals surface area contributed by atoms with E-state index in [0.717, 1.165) is 39.2 Å². The van der Waals surface area contributed by atoms with Crippen LogP contribution in [0, 0.1) is 11.3 Å². The van der Waals surface area contributed by atoms with Gasteiger partial charge in [-0.15, -0.1) is 0 Å². The summed E-state index contributed by atoms with van der Waals surface area (Å²) in [4.78, 5) is 6.20. The lowest BCUT2D eigenvalue weighted by Crippen LogP contribution is -2.12. The minimum Gasteiger partial charge on any atom is -0.399 e. The molecule has 3 aromatic rings. The van der Waals surface area contributed by atoms with Crippen LogP contribution in [0.3, 0.4) is 0 Å². The smallest absolute Gasteiger partial charge is 0.0991 e. The highest BCUT2D eigenvalue weighted by Gasteiger charge is 2.16. The quantitative estimate of drug-likeness (QED) is 0.415. The number of benzene rings is 3. The summed E-state index contributed by atoms with van der Waals surface area (Å²) in [5, 5.41) is 9.31. The van der Waals surface area contributed by atoms with Crippen LogP contribution in [0.2, 0.25) is 0 Å². The largest absolute Gasteiger partial charge is 0.399 e. The first-order chi connectivity index (χ1) is 15.1. The third-order valence-electron chi connectivity index (χ3n) is 5.14. The molecule has 0 unspecified atom stereocenters. The van der Waals surface area contributed by atoms with Crippen LogP contribution in [0.1, 0.15) is 16.7 Å². The Hall–Kier alpha value is -4.36. The lowest BCUT2D eigenvalue weighted by atomic mass is 9.98. The molecule has 4 rings (SSSR count). The minimum absolute atomic E-state index is 0.498. The van der Waals surface area contributed by atoms with Crippen LogP contribution >= 0.6 is 0 Å². The molecule has 0 atom stereocenters. The zero-order valence-corrected chi connectivity index (χ0v) is 17.1. The first kappa shape index (κ1) is 19.9. The van der Waals surface area contributed by atoms with Crippen LogP contribution in [0.5, 0.6) is 0 Å². The van der Waals surface area contributed by atoms with Gasteiger partial charge in [-0.25, -0.2) is 0 Å². The van der Waals surface area contributed by atoms with Gasteiger partial charge in [0.05, 0.1) is 23.9 Å². The Morgan fingerprint density at radius 2 is 1.87 bits per heavy atom. The molecule has 0 saturated carbocycles. The monoisotopic (exact) mass is 402 g/mol. The maximum Gasteiger partial charge on any atom is 0.0991 e. The summed E-state index contributed by atoms with van der Waals surface area (Å²) < 4.78 is 0. The van der Waals surface area contributed by atoms with E-state index in [0.29, 0.717) is 17.8 Å². The molecule has 1 aliphatic rings. The number of anilines is 3. The zero-order valence-electron chi connectivity index (χ0n) is 17.1. The molecule has 3 aromatic carbocycles. The van der Waals surface area contributed by atoms with Crippen molar-refractivity contribution in [1.82, 2.24) is 0 Å². The van der Waals surface area contributed by atoms with Crippen molar-refractivity contribution in [3.63, 3.8) is 0 Å². The fourth-order valence-electron chi connectivity index (χ4n) is 3.69. The van der Waals surface area contributed by atoms with Gasteiger partial charge >= 0.3 is 0 Å². The fourth-order valence-corrected chi connectivity index (χ4v) is 3.69. The number of aliphatic imine (C=N–C) groups is 1. The van der Waals surface area contributed by atoms with Gasteiger partial charge in [0.1, 0.15) is 0 Å². The molecular formula is C27H22N4. The van der Waals surface area contributed by atoms with E-state index in [2.05, 4.69) is 47.5 Å². The molecule has 0 fully saturated rings. The van der Waals surface area contributed by atoms with Gasteiger partial charge in [0.2, 0.25) is 0 Å². The van der Waals surface area contributed by atoms with Gasteiger partial charge in [0.15, 0.2) is 0 Å². The molecule has 0 aliphatic carbocycles. The van der Waals surface area contributed by atoms with Gasteiger partial charge in [0, 0.05) is 23.1 Å². The summed E-state index contributed by atoms with van der Waals surface area (Å²) >= 11 is 0. The molecular weight excluding hydrogens is 380 g/mol. The molecule has 4 nitrogen and oxygen atoms in total. The summed E-state index contributed by atoms with van der Waals surface area (Å²) in [6.45, 7) is 8.35. The Balaban J connectivity index is 1.91. The molecule has 4 heteroatoms. The minimum atomic E-state index is 0.498. The van der Waals surface area contributed by atoms with Crippen molar-refractivity contribution in [2.24, 2.45) is 4.99 Å². The highest BCUT2D eigenvalue weighted by molar-refractivity contribution is 5.88. The number of allylic oxidation sites excluding steroid dienone is 4. The number of nitrogen functional groups attached to an aromatic ring is 1. The number of hydrogen-bond acceptors (Lipinski definition) is 4. The van der Waals surface area contributed by atoms with Crippen LogP contribution in [-0.2, 0) is 6.54 Å². The van der Waals surface area contributed by atoms with E-state index in [4.69, 9.17) is 5.73 Å². The van der Waals surface area contributed by atoms with E-state index < -0.39 is 0 Å². The standard InChI is InChI=1S/C27H22N4/c1-19-6-3-4-11-31(27-10-9-24(29)16-26(19)27)25-14-21(18-30-2)13-23(15-25)22-8-5-7-20(12-22)17-28/h3-16H,1-2,18,29H2/b6-3-,11-4-. The molecule has 0 bridgehead atoms. The molecule has 150 valence electrons. The van der Waals surface area contributed by atoms with Crippen molar-refractivity contribution >= 4 is 29.4 Å². The number of nitriles is 1. The molecule has 1 heterocycles. The highest BCUT2D eigenvalue weighted by Crippen LogP contribution is 2.37. The zero-order chi connectivity index (χ0) is 21.8.